The molecule has 0 aliphatic carbocycles. The minimum Gasteiger partial charge on any atom is -0.465 e. The van der Waals surface area contributed by atoms with Crippen molar-refractivity contribution in [3.63, 3.8) is 0 Å². The zero-order valence-corrected chi connectivity index (χ0v) is 11.4. The molecule has 0 spiro atoms. The summed E-state index contributed by atoms with van der Waals surface area (Å²) in [6, 6.07) is 4.57. The van der Waals surface area contributed by atoms with Crippen molar-refractivity contribution >= 4 is 27.2 Å². The summed E-state index contributed by atoms with van der Waals surface area (Å²) in [5.74, 6) is -0.182. The average Bonchev–Trinajstić information content (AvgIpc) is 2.70. The van der Waals surface area contributed by atoms with Gasteiger partial charge in [-0.3, -0.25) is 0 Å². The first kappa shape index (κ1) is 13.7. The third-order valence-corrected chi connectivity index (χ3v) is 4.83. The molecule has 1 atom stereocenters. The van der Waals surface area contributed by atoms with Crippen LogP contribution in [0.1, 0.15) is 16.8 Å². The molecular weight excluding hydrogens is 268 g/mol. The number of hydrogen-bond acceptors (Lipinski definition) is 6. The molecule has 1 unspecified atom stereocenters. The summed E-state index contributed by atoms with van der Waals surface area (Å²) >= 11 is 0. The lowest BCUT2D eigenvalue weighted by molar-refractivity contribution is 0.0601. The fourth-order valence-electron chi connectivity index (χ4n) is 2.05. The molecule has 1 aliphatic heterocycles. The van der Waals surface area contributed by atoms with E-state index in [1.165, 1.54) is 7.11 Å². The number of methoxy groups -OCH3 is 1. The van der Waals surface area contributed by atoms with E-state index >= 15 is 0 Å². The Morgan fingerprint density at radius 1 is 1.47 bits per heavy atom. The second-order valence-electron chi connectivity index (χ2n) is 4.54. The van der Waals surface area contributed by atoms with Gasteiger partial charge in [0.2, 0.25) is 0 Å². The van der Waals surface area contributed by atoms with Gasteiger partial charge >= 0.3 is 5.97 Å². The Morgan fingerprint density at radius 2 is 2.21 bits per heavy atom. The van der Waals surface area contributed by atoms with Gasteiger partial charge in [-0.2, -0.15) is 0 Å². The summed E-state index contributed by atoms with van der Waals surface area (Å²) in [6.07, 6.45) is 0.546. The third-order valence-electron chi connectivity index (χ3n) is 3.07. The van der Waals surface area contributed by atoms with Gasteiger partial charge in [-0.05, 0) is 24.6 Å². The topological polar surface area (TPSA) is 98.5 Å². The van der Waals surface area contributed by atoms with Gasteiger partial charge in [0.1, 0.15) is 0 Å². The number of nitrogens with one attached hydrogen (secondary N) is 1. The van der Waals surface area contributed by atoms with Crippen LogP contribution in [0, 0.1) is 0 Å². The molecule has 1 heterocycles. The Balaban J connectivity index is 2.18. The Bertz CT molecular complexity index is 598. The highest BCUT2D eigenvalue weighted by Crippen LogP contribution is 2.24. The van der Waals surface area contributed by atoms with Crippen LogP contribution < -0.4 is 11.1 Å². The molecule has 7 heteroatoms. The monoisotopic (exact) mass is 284 g/mol. The number of benzene rings is 1. The van der Waals surface area contributed by atoms with Crippen molar-refractivity contribution < 1.29 is 17.9 Å². The highest BCUT2D eigenvalue weighted by Gasteiger charge is 2.28. The summed E-state index contributed by atoms with van der Waals surface area (Å²) in [5.41, 5.74) is 7.22. The number of sulfone groups is 1. The molecule has 1 aromatic rings. The number of hydrogen-bond donors (Lipinski definition) is 2. The van der Waals surface area contributed by atoms with Crippen molar-refractivity contribution in [2.45, 2.75) is 12.5 Å². The van der Waals surface area contributed by atoms with E-state index in [-0.39, 0.29) is 17.5 Å². The number of ether oxygens (including phenoxy) is 1. The zero-order valence-electron chi connectivity index (χ0n) is 10.5. The summed E-state index contributed by atoms with van der Waals surface area (Å²) in [7, 11) is -1.65. The van der Waals surface area contributed by atoms with Crippen molar-refractivity contribution in [2.75, 3.05) is 29.7 Å². The molecule has 0 bridgehead atoms. The van der Waals surface area contributed by atoms with Crippen LogP contribution in [0.3, 0.4) is 0 Å². The van der Waals surface area contributed by atoms with Gasteiger partial charge in [0.05, 0.1) is 35.6 Å². The van der Waals surface area contributed by atoms with E-state index in [0.717, 1.165) is 0 Å². The van der Waals surface area contributed by atoms with Crippen LogP contribution in [0.2, 0.25) is 0 Å². The molecule has 2 rings (SSSR count). The first-order valence-corrected chi connectivity index (χ1v) is 7.68. The van der Waals surface area contributed by atoms with E-state index in [1.54, 1.807) is 18.2 Å². The predicted octanol–water partition coefficient (Wildman–Crippen LogP) is 0.654. The van der Waals surface area contributed by atoms with Crippen molar-refractivity contribution in [3.05, 3.63) is 23.8 Å². The Morgan fingerprint density at radius 3 is 2.79 bits per heavy atom. The average molecular weight is 284 g/mol. The number of anilines is 2. The van der Waals surface area contributed by atoms with Crippen LogP contribution >= 0.6 is 0 Å². The van der Waals surface area contributed by atoms with Gasteiger partial charge in [0.15, 0.2) is 9.84 Å². The highest BCUT2D eigenvalue weighted by molar-refractivity contribution is 7.91. The molecule has 0 radical (unpaired) electrons. The number of rotatable bonds is 3. The molecule has 104 valence electrons. The van der Waals surface area contributed by atoms with E-state index in [4.69, 9.17) is 5.73 Å². The lowest BCUT2D eigenvalue weighted by Crippen LogP contribution is -2.21. The minimum absolute atomic E-state index is 0.0922. The second kappa shape index (κ2) is 5.08. The van der Waals surface area contributed by atoms with Crippen LogP contribution in [-0.4, -0.2) is 39.0 Å². The molecule has 1 aromatic carbocycles. The summed E-state index contributed by atoms with van der Waals surface area (Å²) < 4.78 is 27.4. The molecule has 1 fully saturated rings. The van der Waals surface area contributed by atoms with Crippen molar-refractivity contribution in [3.8, 4) is 0 Å². The maximum Gasteiger partial charge on any atom is 0.337 e. The maximum atomic E-state index is 11.4. The lowest BCUT2D eigenvalue weighted by atomic mass is 10.1. The maximum absolute atomic E-state index is 11.4. The number of esters is 1. The fourth-order valence-corrected chi connectivity index (χ4v) is 3.73. The minimum atomic E-state index is -2.95. The van der Waals surface area contributed by atoms with Crippen LogP contribution in [-0.2, 0) is 14.6 Å². The standard InChI is InChI=1S/C12H16N2O4S/c1-18-12(15)8-2-3-10(13)11(6-8)14-9-4-5-19(16,17)7-9/h2-3,6,9,14H,4-5,7,13H2,1H3. The van der Waals surface area contributed by atoms with Gasteiger partial charge < -0.3 is 15.8 Å². The van der Waals surface area contributed by atoms with Gasteiger partial charge in [-0.25, -0.2) is 13.2 Å². The predicted molar refractivity (Wildman–Crippen MR) is 72.9 cm³/mol. The molecule has 0 amide bonds. The fraction of sp³-hybridized carbons (Fsp3) is 0.417. The third kappa shape index (κ3) is 3.17. The van der Waals surface area contributed by atoms with Gasteiger partial charge in [0.25, 0.3) is 0 Å². The van der Waals surface area contributed by atoms with Crippen LogP contribution in [0.4, 0.5) is 11.4 Å². The van der Waals surface area contributed by atoms with Gasteiger partial charge in [0, 0.05) is 6.04 Å². The van der Waals surface area contributed by atoms with Crippen molar-refractivity contribution in [2.24, 2.45) is 0 Å². The normalized spacial score (nSPS) is 21.0. The number of carbonyl (C=O) groups is 1. The highest BCUT2D eigenvalue weighted by atomic mass is 32.2. The number of nitrogen functional groups attached to an aromatic ring is 1. The first-order valence-electron chi connectivity index (χ1n) is 5.86. The molecule has 19 heavy (non-hydrogen) atoms. The van der Waals surface area contributed by atoms with E-state index in [1.807, 2.05) is 0 Å². The second-order valence-corrected chi connectivity index (χ2v) is 6.77. The molecule has 0 aromatic heterocycles. The molecular formula is C12H16N2O4S. The Kier molecular flexibility index (Phi) is 3.66. The summed E-state index contributed by atoms with van der Waals surface area (Å²) in [4.78, 5) is 11.4. The van der Waals surface area contributed by atoms with E-state index in [0.29, 0.717) is 23.4 Å². The number of carbonyl (C=O) groups excluding carboxylic acids is 1. The van der Waals surface area contributed by atoms with Crippen LogP contribution in [0.15, 0.2) is 18.2 Å². The Labute approximate surface area is 111 Å². The molecule has 1 aliphatic rings. The van der Waals surface area contributed by atoms with Gasteiger partial charge in [-0.1, -0.05) is 0 Å². The van der Waals surface area contributed by atoms with Crippen LogP contribution in [0.5, 0.6) is 0 Å². The molecule has 1 saturated heterocycles. The Hall–Kier alpha value is -1.76. The molecule has 3 N–H and O–H groups in total. The van der Waals surface area contributed by atoms with E-state index in [9.17, 15) is 13.2 Å². The van der Waals surface area contributed by atoms with Crippen LogP contribution in [0.25, 0.3) is 0 Å². The summed E-state index contributed by atoms with van der Waals surface area (Å²) in [5, 5.41) is 3.07. The first-order chi connectivity index (χ1) is 8.91. The quantitative estimate of drug-likeness (QED) is 0.625. The SMILES string of the molecule is COC(=O)c1ccc(N)c(NC2CCS(=O)(=O)C2)c1. The largest absolute Gasteiger partial charge is 0.465 e. The summed E-state index contributed by atoms with van der Waals surface area (Å²) in [6.45, 7) is 0. The zero-order chi connectivity index (χ0) is 14.0. The smallest absolute Gasteiger partial charge is 0.337 e. The van der Waals surface area contributed by atoms with Crippen molar-refractivity contribution in [1.29, 1.82) is 0 Å². The number of nitrogens with two attached hydrogens (primary N) is 1. The van der Waals surface area contributed by atoms with Gasteiger partial charge in [-0.15, -0.1) is 0 Å². The van der Waals surface area contributed by atoms with E-state index in [2.05, 4.69) is 10.1 Å². The molecule has 6 nitrogen and oxygen atoms in total. The lowest BCUT2D eigenvalue weighted by Gasteiger charge is -2.15. The van der Waals surface area contributed by atoms with E-state index < -0.39 is 15.8 Å². The van der Waals surface area contributed by atoms with Crippen molar-refractivity contribution in [1.82, 2.24) is 0 Å². The molecule has 0 saturated carbocycles.